The van der Waals surface area contributed by atoms with Crippen molar-refractivity contribution in [3.63, 3.8) is 0 Å². The first kappa shape index (κ1) is 10.7. The molecule has 1 aromatic heterocycles. The van der Waals surface area contributed by atoms with Gasteiger partial charge in [0.15, 0.2) is 0 Å². The molecule has 3 heteroatoms. The molecule has 2 N–H and O–H groups in total. The van der Waals surface area contributed by atoms with E-state index in [4.69, 9.17) is 5.73 Å². The first-order valence-corrected chi connectivity index (χ1v) is 5.65. The molecule has 0 aliphatic carbocycles. The van der Waals surface area contributed by atoms with Crippen LogP contribution in [0.3, 0.4) is 0 Å². The summed E-state index contributed by atoms with van der Waals surface area (Å²) in [5, 5.41) is 0.922. The highest BCUT2D eigenvalue weighted by Crippen LogP contribution is 2.26. The van der Waals surface area contributed by atoms with Gasteiger partial charge in [-0.3, -0.25) is 0 Å². The lowest BCUT2D eigenvalue weighted by molar-refractivity contribution is 0.593. The number of halogens is 1. The van der Waals surface area contributed by atoms with E-state index >= 15 is 0 Å². The molecule has 0 amide bonds. The van der Waals surface area contributed by atoms with Gasteiger partial charge in [-0.15, -0.1) is 0 Å². The summed E-state index contributed by atoms with van der Waals surface area (Å²) in [6.45, 7) is 0. The summed E-state index contributed by atoms with van der Waals surface area (Å²) in [7, 11) is 0. The van der Waals surface area contributed by atoms with Crippen LogP contribution in [0.25, 0.3) is 22.0 Å². The number of fused-ring (bicyclic) bond motifs is 1. The molecule has 0 spiro atoms. The minimum absolute atomic E-state index is 0.460. The molecule has 0 unspecified atom stereocenters. The Morgan fingerprint density at radius 2 is 1.67 bits per heavy atom. The van der Waals surface area contributed by atoms with Crippen LogP contribution in [0.1, 0.15) is 0 Å². The van der Waals surface area contributed by atoms with Crippen molar-refractivity contribution in [1.82, 2.24) is 4.98 Å². The molecule has 2 aromatic carbocycles. The fourth-order valence-electron chi connectivity index (χ4n) is 1.96. The Hall–Kier alpha value is -2.42. The Bertz CT molecular complexity index is 705. The molecule has 0 saturated heterocycles. The van der Waals surface area contributed by atoms with Crippen LogP contribution in [0.15, 0.2) is 54.6 Å². The molecule has 3 rings (SSSR count). The van der Waals surface area contributed by atoms with E-state index < -0.39 is 5.95 Å². The number of nitrogens with two attached hydrogens (primary N) is 1. The second kappa shape index (κ2) is 4.11. The van der Waals surface area contributed by atoms with Gasteiger partial charge >= 0.3 is 0 Å². The Kier molecular flexibility index (Phi) is 2.45. The highest BCUT2D eigenvalue weighted by Gasteiger charge is 2.08. The summed E-state index contributed by atoms with van der Waals surface area (Å²) >= 11 is 0. The van der Waals surface area contributed by atoms with Crippen LogP contribution in [-0.4, -0.2) is 4.98 Å². The van der Waals surface area contributed by atoms with E-state index in [2.05, 4.69) is 4.98 Å². The summed E-state index contributed by atoms with van der Waals surface area (Å²) in [4.78, 5) is 3.98. The van der Waals surface area contributed by atoms with Crippen molar-refractivity contribution in [3.05, 3.63) is 60.5 Å². The molecular weight excluding hydrogens is 227 g/mol. The number of hydrogen-bond acceptors (Lipinski definition) is 2. The Morgan fingerprint density at radius 3 is 2.44 bits per heavy atom. The van der Waals surface area contributed by atoms with Gasteiger partial charge in [-0.2, -0.15) is 4.39 Å². The molecule has 0 fully saturated rings. The average Bonchev–Trinajstić information content (AvgIpc) is 2.39. The third-order valence-electron chi connectivity index (χ3n) is 2.90. The molecule has 0 radical (unpaired) electrons. The average molecular weight is 238 g/mol. The highest BCUT2D eigenvalue weighted by atomic mass is 19.1. The molecule has 3 aromatic rings. The fraction of sp³-hybridized carbons (Fsp3) is 0. The predicted molar refractivity (Wildman–Crippen MR) is 71.5 cm³/mol. The van der Waals surface area contributed by atoms with Gasteiger partial charge in [-0.1, -0.05) is 30.3 Å². The van der Waals surface area contributed by atoms with Gasteiger partial charge in [0.05, 0.1) is 5.52 Å². The number of para-hydroxylation sites is 1. The van der Waals surface area contributed by atoms with Crippen LogP contribution in [-0.2, 0) is 0 Å². The maximum Gasteiger partial charge on any atom is 0.221 e. The molecule has 0 saturated carbocycles. The number of nitrogens with zero attached hydrogens (tertiary/aromatic N) is 1. The quantitative estimate of drug-likeness (QED) is 0.519. The summed E-state index contributed by atoms with van der Waals surface area (Å²) < 4.78 is 14.0. The van der Waals surface area contributed by atoms with Gasteiger partial charge in [0.25, 0.3) is 0 Å². The monoisotopic (exact) mass is 238 g/mol. The van der Waals surface area contributed by atoms with Gasteiger partial charge < -0.3 is 5.73 Å². The van der Waals surface area contributed by atoms with E-state index in [1.54, 1.807) is 30.3 Å². The zero-order chi connectivity index (χ0) is 12.5. The number of benzene rings is 2. The predicted octanol–water partition coefficient (Wildman–Crippen LogP) is 3.62. The molecule has 0 bridgehead atoms. The highest BCUT2D eigenvalue weighted by molar-refractivity contribution is 5.83. The number of aromatic nitrogens is 1. The van der Waals surface area contributed by atoms with Crippen LogP contribution >= 0.6 is 0 Å². The molecule has 1 heterocycles. The van der Waals surface area contributed by atoms with Gasteiger partial charge in [0, 0.05) is 16.6 Å². The smallest absolute Gasteiger partial charge is 0.221 e. The normalized spacial score (nSPS) is 10.7. The minimum Gasteiger partial charge on any atom is -0.399 e. The Morgan fingerprint density at radius 1 is 0.944 bits per heavy atom. The van der Waals surface area contributed by atoms with E-state index in [0.29, 0.717) is 16.8 Å². The zero-order valence-corrected chi connectivity index (χ0v) is 9.60. The lowest BCUT2D eigenvalue weighted by Crippen LogP contribution is -1.91. The Labute approximate surface area is 104 Å². The minimum atomic E-state index is -0.460. The topological polar surface area (TPSA) is 38.9 Å². The lowest BCUT2D eigenvalue weighted by atomic mass is 10.0. The van der Waals surface area contributed by atoms with E-state index in [9.17, 15) is 4.39 Å². The molecule has 2 nitrogen and oxygen atoms in total. The molecular formula is C15H11FN2. The summed E-state index contributed by atoms with van der Waals surface area (Å²) in [5.41, 5.74) is 8.22. The third kappa shape index (κ3) is 1.80. The maximum atomic E-state index is 14.0. The van der Waals surface area contributed by atoms with E-state index in [-0.39, 0.29) is 0 Å². The van der Waals surface area contributed by atoms with Crippen LogP contribution in [0.5, 0.6) is 0 Å². The van der Waals surface area contributed by atoms with Gasteiger partial charge in [0.2, 0.25) is 5.95 Å². The van der Waals surface area contributed by atoms with Gasteiger partial charge in [-0.05, 0) is 29.8 Å². The lowest BCUT2D eigenvalue weighted by Gasteiger charge is -2.05. The summed E-state index contributed by atoms with van der Waals surface area (Å²) in [5.74, 6) is -0.460. The van der Waals surface area contributed by atoms with Crippen LogP contribution in [0.4, 0.5) is 10.1 Å². The maximum absolute atomic E-state index is 14.0. The third-order valence-corrected chi connectivity index (χ3v) is 2.90. The van der Waals surface area contributed by atoms with Crippen molar-refractivity contribution < 1.29 is 4.39 Å². The second-order valence-corrected chi connectivity index (χ2v) is 4.14. The molecule has 88 valence electrons. The molecule has 0 atom stereocenters. The van der Waals surface area contributed by atoms with E-state index in [0.717, 1.165) is 10.9 Å². The van der Waals surface area contributed by atoms with Crippen LogP contribution in [0, 0.1) is 5.95 Å². The van der Waals surface area contributed by atoms with E-state index in [1.165, 1.54) is 0 Å². The number of anilines is 1. The largest absolute Gasteiger partial charge is 0.399 e. The number of rotatable bonds is 1. The fourth-order valence-corrected chi connectivity index (χ4v) is 1.96. The van der Waals surface area contributed by atoms with Crippen molar-refractivity contribution in [2.24, 2.45) is 0 Å². The van der Waals surface area contributed by atoms with Gasteiger partial charge in [0.1, 0.15) is 0 Å². The van der Waals surface area contributed by atoms with Crippen molar-refractivity contribution in [3.8, 4) is 11.1 Å². The van der Waals surface area contributed by atoms with Crippen molar-refractivity contribution in [1.29, 1.82) is 0 Å². The van der Waals surface area contributed by atoms with E-state index in [1.807, 2.05) is 24.3 Å². The molecule has 0 aliphatic rings. The SMILES string of the molecule is Nc1ccc(-c2cc3ccccc3nc2F)cc1. The second-order valence-electron chi connectivity index (χ2n) is 4.14. The number of nitrogen functional groups attached to an aromatic ring is 1. The van der Waals surface area contributed by atoms with Crippen molar-refractivity contribution in [2.75, 3.05) is 5.73 Å². The first-order chi connectivity index (χ1) is 8.74. The molecule has 18 heavy (non-hydrogen) atoms. The summed E-state index contributed by atoms with van der Waals surface area (Å²) in [6.07, 6.45) is 0. The Balaban J connectivity index is 2.22. The van der Waals surface area contributed by atoms with Crippen LogP contribution in [0.2, 0.25) is 0 Å². The standard InChI is InChI=1S/C15H11FN2/c16-15-13(10-5-7-12(17)8-6-10)9-11-3-1-2-4-14(11)18-15/h1-9H,17H2. The summed E-state index contributed by atoms with van der Waals surface area (Å²) in [6, 6.07) is 16.4. The van der Waals surface area contributed by atoms with Crippen molar-refractivity contribution in [2.45, 2.75) is 0 Å². The first-order valence-electron chi connectivity index (χ1n) is 5.65. The van der Waals surface area contributed by atoms with Gasteiger partial charge in [-0.25, -0.2) is 4.98 Å². The van der Waals surface area contributed by atoms with Crippen LogP contribution < -0.4 is 5.73 Å². The number of hydrogen-bond donors (Lipinski definition) is 1. The van der Waals surface area contributed by atoms with Crippen molar-refractivity contribution >= 4 is 16.6 Å². The zero-order valence-electron chi connectivity index (χ0n) is 9.60. The number of pyridine rings is 1. The molecule has 0 aliphatic heterocycles.